The van der Waals surface area contributed by atoms with Gasteiger partial charge in [-0.15, -0.1) is 0 Å². The van der Waals surface area contributed by atoms with Crippen LogP contribution in [0.3, 0.4) is 0 Å². The van der Waals surface area contributed by atoms with Crippen LogP contribution >= 0.6 is 34.8 Å². The maximum Gasteiger partial charge on any atom is 0.157 e. The molecule has 3 aromatic rings. The Labute approximate surface area is 161 Å². The Morgan fingerprint density at radius 1 is 0.800 bits per heavy atom. The summed E-state index contributed by atoms with van der Waals surface area (Å²) in [4.78, 5) is 4.39. The fraction of sp³-hybridized carbons (Fsp3) is 0.0500. The molecule has 0 radical (unpaired) electrons. The molecule has 0 bridgehead atoms. The van der Waals surface area contributed by atoms with E-state index in [-0.39, 0.29) is 6.61 Å². The lowest BCUT2D eigenvalue weighted by Crippen LogP contribution is -1.98. The van der Waals surface area contributed by atoms with Crippen molar-refractivity contribution in [1.29, 1.82) is 0 Å². The number of ether oxygens (including phenoxy) is 1. The molecule has 0 unspecified atom stereocenters. The first kappa shape index (κ1) is 17.8. The van der Waals surface area contributed by atoms with E-state index in [1.165, 1.54) is 0 Å². The smallest absolute Gasteiger partial charge is 0.157 e. The Balaban J connectivity index is 1.76. The summed E-state index contributed by atoms with van der Waals surface area (Å²) < 4.78 is 5.76. The van der Waals surface area contributed by atoms with Gasteiger partial charge in [-0.2, -0.15) is 0 Å². The Kier molecular flexibility index (Phi) is 5.98. The highest BCUT2D eigenvalue weighted by atomic mass is 35.5. The van der Waals surface area contributed by atoms with Crippen LogP contribution in [0.15, 0.2) is 71.7 Å². The zero-order valence-corrected chi connectivity index (χ0v) is 15.4. The average molecular weight is 391 g/mol. The largest absolute Gasteiger partial charge is 0.486 e. The first-order valence-corrected chi connectivity index (χ1v) is 8.71. The van der Waals surface area contributed by atoms with Crippen molar-refractivity contribution in [3.63, 3.8) is 0 Å². The number of benzene rings is 3. The number of hydrogen-bond acceptors (Lipinski definition) is 2. The minimum Gasteiger partial charge on any atom is -0.486 e. The Morgan fingerprint density at radius 2 is 1.44 bits per heavy atom. The minimum atomic E-state index is 0.288. The van der Waals surface area contributed by atoms with Crippen molar-refractivity contribution in [2.75, 3.05) is 0 Å². The van der Waals surface area contributed by atoms with Gasteiger partial charge < -0.3 is 4.74 Å². The molecule has 3 rings (SSSR count). The van der Waals surface area contributed by atoms with Crippen molar-refractivity contribution in [1.82, 2.24) is 0 Å². The Hall–Kier alpha value is -2.00. The van der Waals surface area contributed by atoms with Crippen LogP contribution in [0, 0.1) is 0 Å². The summed E-state index contributed by atoms with van der Waals surface area (Å²) in [6, 6.07) is 20.6. The van der Waals surface area contributed by atoms with Crippen LogP contribution in [0.5, 0.6) is 5.75 Å². The second-order valence-corrected chi connectivity index (χ2v) is 6.51. The van der Waals surface area contributed by atoms with Gasteiger partial charge in [0.15, 0.2) is 5.75 Å². The maximum absolute atomic E-state index is 6.32. The summed E-state index contributed by atoms with van der Waals surface area (Å²) in [5.74, 6) is 0.431. The number of hydrogen-bond donors (Lipinski definition) is 0. The van der Waals surface area contributed by atoms with Crippen LogP contribution in [0.4, 0.5) is 5.69 Å². The van der Waals surface area contributed by atoms with Crippen molar-refractivity contribution in [3.8, 4) is 5.75 Å². The van der Waals surface area contributed by atoms with Crippen LogP contribution < -0.4 is 4.74 Å². The van der Waals surface area contributed by atoms with Gasteiger partial charge in [0.05, 0.1) is 15.7 Å². The molecule has 0 heterocycles. The van der Waals surface area contributed by atoms with Crippen LogP contribution in [0.1, 0.15) is 11.1 Å². The van der Waals surface area contributed by atoms with Crippen molar-refractivity contribution >= 4 is 46.7 Å². The molecule has 3 aromatic carbocycles. The third-order valence-corrected chi connectivity index (χ3v) is 4.40. The van der Waals surface area contributed by atoms with Gasteiger partial charge in [-0.05, 0) is 35.9 Å². The Morgan fingerprint density at radius 3 is 2.12 bits per heavy atom. The van der Waals surface area contributed by atoms with Crippen molar-refractivity contribution < 1.29 is 4.74 Å². The molecule has 5 heteroatoms. The molecule has 25 heavy (non-hydrogen) atoms. The lowest BCUT2D eigenvalue weighted by Gasteiger charge is -2.11. The monoisotopic (exact) mass is 389 g/mol. The molecule has 0 N–H and O–H groups in total. The summed E-state index contributed by atoms with van der Waals surface area (Å²) in [6.07, 6.45) is 1.71. The molecule has 0 aromatic heterocycles. The highest BCUT2D eigenvalue weighted by molar-refractivity contribution is 6.37. The van der Waals surface area contributed by atoms with Gasteiger partial charge >= 0.3 is 0 Å². The molecule has 0 amide bonds. The van der Waals surface area contributed by atoms with Gasteiger partial charge in [0, 0.05) is 16.8 Å². The number of rotatable bonds is 5. The highest BCUT2D eigenvalue weighted by Crippen LogP contribution is 2.35. The molecule has 0 saturated heterocycles. The summed E-state index contributed by atoms with van der Waals surface area (Å²) in [6.45, 7) is 0.288. The third kappa shape index (κ3) is 4.76. The third-order valence-electron chi connectivity index (χ3n) is 3.47. The molecule has 0 aliphatic rings. The van der Waals surface area contributed by atoms with Crippen molar-refractivity contribution in [3.05, 3.63) is 92.9 Å². The van der Waals surface area contributed by atoms with E-state index in [0.29, 0.717) is 20.8 Å². The molecule has 0 aliphatic carbocycles. The zero-order valence-electron chi connectivity index (χ0n) is 13.1. The van der Waals surface area contributed by atoms with Crippen LogP contribution in [-0.2, 0) is 6.61 Å². The van der Waals surface area contributed by atoms with Crippen molar-refractivity contribution in [2.45, 2.75) is 6.61 Å². The van der Waals surface area contributed by atoms with E-state index in [4.69, 9.17) is 39.5 Å². The average Bonchev–Trinajstić information content (AvgIpc) is 2.61. The second-order valence-electron chi connectivity index (χ2n) is 5.29. The summed E-state index contributed by atoms with van der Waals surface area (Å²) in [5.41, 5.74) is 2.52. The van der Waals surface area contributed by atoms with E-state index >= 15 is 0 Å². The molecule has 126 valence electrons. The normalized spacial score (nSPS) is 11.0. The first-order valence-electron chi connectivity index (χ1n) is 7.58. The van der Waals surface area contributed by atoms with E-state index in [0.717, 1.165) is 16.8 Å². The molecular formula is C20H14Cl3NO. The van der Waals surface area contributed by atoms with Gasteiger partial charge in [-0.1, -0.05) is 71.2 Å². The van der Waals surface area contributed by atoms with Gasteiger partial charge in [0.2, 0.25) is 0 Å². The molecule has 0 spiro atoms. The van der Waals surface area contributed by atoms with E-state index in [9.17, 15) is 0 Å². The summed E-state index contributed by atoms with van der Waals surface area (Å²) in [5, 5.41) is 1.49. The fourth-order valence-corrected chi connectivity index (χ4v) is 3.02. The number of para-hydroxylation sites is 1. The molecular weight excluding hydrogens is 377 g/mol. The van der Waals surface area contributed by atoms with Crippen LogP contribution in [-0.4, -0.2) is 6.21 Å². The van der Waals surface area contributed by atoms with E-state index in [2.05, 4.69) is 4.99 Å². The Bertz CT molecular complexity index is 871. The van der Waals surface area contributed by atoms with E-state index < -0.39 is 0 Å². The van der Waals surface area contributed by atoms with Gasteiger partial charge in [-0.3, -0.25) is 4.99 Å². The minimum absolute atomic E-state index is 0.288. The topological polar surface area (TPSA) is 21.6 Å². The number of nitrogens with zero attached hydrogens (tertiary/aromatic N) is 1. The van der Waals surface area contributed by atoms with E-state index in [1.807, 2.05) is 54.6 Å². The zero-order chi connectivity index (χ0) is 17.6. The molecule has 0 aliphatic heterocycles. The molecule has 0 atom stereocenters. The predicted octanol–water partition coefficient (Wildman–Crippen LogP) is 6.98. The fourth-order valence-electron chi connectivity index (χ4n) is 2.22. The molecule has 0 saturated carbocycles. The van der Waals surface area contributed by atoms with Crippen LogP contribution in [0.25, 0.3) is 0 Å². The lowest BCUT2D eigenvalue weighted by atomic mass is 10.2. The second kappa shape index (κ2) is 8.39. The van der Waals surface area contributed by atoms with Crippen LogP contribution in [0.2, 0.25) is 15.1 Å². The molecule has 0 fully saturated rings. The molecule has 2 nitrogen and oxygen atoms in total. The highest BCUT2D eigenvalue weighted by Gasteiger charge is 2.10. The van der Waals surface area contributed by atoms with Gasteiger partial charge in [-0.25, -0.2) is 0 Å². The quantitative estimate of drug-likeness (QED) is 0.431. The summed E-state index contributed by atoms with van der Waals surface area (Å²) >= 11 is 18.8. The van der Waals surface area contributed by atoms with E-state index in [1.54, 1.807) is 18.3 Å². The lowest BCUT2D eigenvalue weighted by molar-refractivity contribution is 0.306. The standard InChI is InChI=1S/C20H14Cl3NO/c21-17-9-5-4-6-15(17)13-25-20-18(22)10-14(11-19(20)23)12-24-16-7-2-1-3-8-16/h1-12H,13H2. The summed E-state index contributed by atoms with van der Waals surface area (Å²) in [7, 11) is 0. The number of halogens is 3. The first-order chi connectivity index (χ1) is 12.1. The maximum atomic E-state index is 6.32. The SMILES string of the molecule is Clc1ccccc1COc1c(Cl)cc(C=Nc2ccccc2)cc1Cl. The number of aliphatic imine (C=N–C) groups is 1. The predicted molar refractivity (Wildman–Crippen MR) is 106 cm³/mol. The van der Waals surface area contributed by atoms with Gasteiger partial charge in [0.25, 0.3) is 0 Å². The van der Waals surface area contributed by atoms with Crippen molar-refractivity contribution in [2.24, 2.45) is 4.99 Å². The van der Waals surface area contributed by atoms with Gasteiger partial charge in [0.1, 0.15) is 6.61 Å².